The fraction of sp³-hybridized carbons (Fsp3) is 1.00. The topological polar surface area (TPSA) is 57.6 Å². The maximum absolute atomic E-state index is 11.9. The molecular weight excluding hydrogens is 214 g/mol. The van der Waals surface area contributed by atoms with Crippen molar-refractivity contribution in [2.24, 2.45) is 5.92 Å². The van der Waals surface area contributed by atoms with Gasteiger partial charge in [-0.05, 0) is 39.0 Å². The molecule has 0 atom stereocenters. The Morgan fingerprint density at radius 1 is 1.40 bits per heavy atom. The Kier molecular flexibility index (Phi) is 4.55. The second kappa shape index (κ2) is 5.27. The molecule has 0 radical (unpaired) electrons. The predicted octanol–water partition coefficient (Wildman–Crippen LogP) is 0.819. The zero-order valence-electron chi connectivity index (χ0n) is 9.52. The van der Waals surface area contributed by atoms with E-state index < -0.39 is 10.0 Å². The van der Waals surface area contributed by atoms with Gasteiger partial charge in [-0.15, -0.1) is 0 Å². The van der Waals surface area contributed by atoms with Gasteiger partial charge in [-0.1, -0.05) is 0 Å². The zero-order chi connectivity index (χ0) is 11.5. The lowest BCUT2D eigenvalue weighted by atomic mass is 10.3. The molecule has 0 heterocycles. The first-order valence-corrected chi connectivity index (χ1v) is 7.18. The van der Waals surface area contributed by atoms with Gasteiger partial charge in [0.15, 0.2) is 0 Å². The molecule has 0 bridgehead atoms. The number of aliphatic hydroxyl groups is 1. The average molecular weight is 235 g/mol. The second-order valence-electron chi connectivity index (χ2n) is 4.50. The van der Waals surface area contributed by atoms with Gasteiger partial charge < -0.3 is 5.11 Å². The summed E-state index contributed by atoms with van der Waals surface area (Å²) >= 11 is 0. The maximum Gasteiger partial charge on any atom is 0.214 e. The summed E-state index contributed by atoms with van der Waals surface area (Å²) in [4.78, 5) is 0. The van der Waals surface area contributed by atoms with Gasteiger partial charge >= 0.3 is 0 Å². The molecule has 15 heavy (non-hydrogen) atoms. The molecule has 1 N–H and O–H groups in total. The van der Waals surface area contributed by atoms with Crippen molar-refractivity contribution < 1.29 is 13.5 Å². The minimum Gasteiger partial charge on any atom is -0.396 e. The quantitative estimate of drug-likeness (QED) is 0.710. The third-order valence-corrected chi connectivity index (χ3v) is 4.72. The highest BCUT2D eigenvalue weighted by atomic mass is 32.2. The molecule has 0 saturated heterocycles. The summed E-state index contributed by atoms with van der Waals surface area (Å²) in [6, 6.07) is 0.0225. The zero-order valence-corrected chi connectivity index (χ0v) is 10.3. The summed E-state index contributed by atoms with van der Waals surface area (Å²) in [5.74, 6) is 0.630. The number of nitrogens with zero attached hydrogens (tertiary/aromatic N) is 1. The standard InChI is InChI=1S/C10H21NO3S/c1-9(2)11(8-10-4-5-10)15(13,14)7-3-6-12/h9-10,12H,3-8H2,1-2H3. The van der Waals surface area contributed by atoms with Crippen molar-refractivity contribution in [1.82, 2.24) is 4.31 Å². The van der Waals surface area contributed by atoms with Gasteiger partial charge in [0.25, 0.3) is 0 Å². The van der Waals surface area contributed by atoms with Gasteiger partial charge in [-0.3, -0.25) is 0 Å². The third-order valence-electron chi connectivity index (χ3n) is 2.63. The van der Waals surface area contributed by atoms with Crippen LogP contribution in [0.3, 0.4) is 0 Å². The fourth-order valence-corrected chi connectivity index (χ4v) is 3.37. The average Bonchev–Trinajstić information content (AvgIpc) is 2.93. The summed E-state index contributed by atoms with van der Waals surface area (Å²) in [6.07, 6.45) is 2.63. The van der Waals surface area contributed by atoms with Crippen LogP contribution in [-0.4, -0.2) is 42.8 Å². The van der Waals surface area contributed by atoms with Crippen molar-refractivity contribution >= 4 is 10.0 Å². The Balaban J connectivity index is 2.59. The lowest BCUT2D eigenvalue weighted by Crippen LogP contribution is -2.40. The minimum atomic E-state index is -3.17. The molecule has 5 heteroatoms. The Labute approximate surface area is 92.3 Å². The van der Waals surface area contributed by atoms with Gasteiger partial charge in [-0.25, -0.2) is 8.42 Å². The van der Waals surface area contributed by atoms with Gasteiger partial charge in [0.1, 0.15) is 0 Å². The molecule has 4 nitrogen and oxygen atoms in total. The van der Waals surface area contributed by atoms with Crippen LogP contribution < -0.4 is 0 Å². The molecule has 0 aromatic rings. The van der Waals surface area contributed by atoms with Crippen LogP contribution in [0, 0.1) is 5.92 Å². The largest absolute Gasteiger partial charge is 0.396 e. The predicted molar refractivity (Wildman–Crippen MR) is 60.1 cm³/mol. The van der Waals surface area contributed by atoms with Crippen molar-refractivity contribution in [2.45, 2.75) is 39.2 Å². The lowest BCUT2D eigenvalue weighted by Gasteiger charge is -2.25. The first-order valence-electron chi connectivity index (χ1n) is 5.57. The van der Waals surface area contributed by atoms with Gasteiger partial charge in [0, 0.05) is 19.2 Å². The van der Waals surface area contributed by atoms with Crippen LogP contribution in [0.15, 0.2) is 0 Å². The van der Waals surface area contributed by atoms with Crippen LogP contribution in [0.25, 0.3) is 0 Å². The Morgan fingerprint density at radius 3 is 2.40 bits per heavy atom. The van der Waals surface area contributed by atoms with Gasteiger partial charge in [0.05, 0.1) is 5.75 Å². The maximum atomic E-state index is 11.9. The van der Waals surface area contributed by atoms with E-state index in [1.807, 2.05) is 13.8 Å². The Morgan fingerprint density at radius 2 is 2.00 bits per heavy atom. The van der Waals surface area contributed by atoms with Crippen LogP contribution in [0.1, 0.15) is 33.1 Å². The van der Waals surface area contributed by atoms with E-state index in [1.54, 1.807) is 4.31 Å². The van der Waals surface area contributed by atoms with Crippen molar-refractivity contribution in [3.63, 3.8) is 0 Å². The fourth-order valence-electron chi connectivity index (χ4n) is 1.56. The highest BCUT2D eigenvalue weighted by molar-refractivity contribution is 7.89. The van der Waals surface area contributed by atoms with E-state index >= 15 is 0 Å². The molecule has 0 aliphatic heterocycles. The molecule has 0 spiro atoms. The summed E-state index contributed by atoms with van der Waals surface area (Å²) in [7, 11) is -3.17. The smallest absolute Gasteiger partial charge is 0.214 e. The van der Waals surface area contributed by atoms with Crippen molar-refractivity contribution in [2.75, 3.05) is 18.9 Å². The van der Waals surface area contributed by atoms with Crippen LogP contribution in [0.2, 0.25) is 0 Å². The highest BCUT2D eigenvalue weighted by Crippen LogP contribution is 2.31. The molecule has 90 valence electrons. The number of aliphatic hydroxyl groups excluding tert-OH is 1. The Bertz CT molecular complexity index is 283. The molecule has 1 fully saturated rings. The number of sulfonamides is 1. The highest BCUT2D eigenvalue weighted by Gasteiger charge is 2.31. The third kappa shape index (κ3) is 4.09. The van der Waals surface area contributed by atoms with E-state index in [9.17, 15) is 8.42 Å². The molecule has 1 aliphatic carbocycles. The van der Waals surface area contributed by atoms with Crippen LogP contribution in [-0.2, 0) is 10.0 Å². The van der Waals surface area contributed by atoms with E-state index in [-0.39, 0.29) is 18.4 Å². The number of rotatable bonds is 7. The first-order chi connectivity index (χ1) is 6.97. The molecule has 0 unspecified atom stereocenters. The van der Waals surface area contributed by atoms with E-state index in [0.29, 0.717) is 18.9 Å². The first kappa shape index (κ1) is 12.9. The summed E-state index contributed by atoms with van der Waals surface area (Å²) in [5, 5.41) is 8.66. The second-order valence-corrected chi connectivity index (χ2v) is 6.54. The molecule has 1 aliphatic rings. The van der Waals surface area contributed by atoms with Crippen molar-refractivity contribution in [3.05, 3.63) is 0 Å². The van der Waals surface area contributed by atoms with Gasteiger partial charge in [0.2, 0.25) is 10.0 Å². The van der Waals surface area contributed by atoms with Crippen LogP contribution >= 0.6 is 0 Å². The van der Waals surface area contributed by atoms with E-state index in [2.05, 4.69) is 0 Å². The van der Waals surface area contributed by atoms with E-state index in [4.69, 9.17) is 5.11 Å². The normalized spacial score (nSPS) is 17.7. The van der Waals surface area contributed by atoms with Crippen molar-refractivity contribution in [1.29, 1.82) is 0 Å². The SMILES string of the molecule is CC(C)N(CC1CC1)S(=O)(=O)CCCO. The molecule has 0 amide bonds. The van der Waals surface area contributed by atoms with Crippen LogP contribution in [0.4, 0.5) is 0 Å². The summed E-state index contributed by atoms with van der Waals surface area (Å²) in [6.45, 7) is 4.40. The molecule has 0 aromatic heterocycles. The summed E-state index contributed by atoms with van der Waals surface area (Å²) < 4.78 is 25.4. The van der Waals surface area contributed by atoms with E-state index in [1.165, 1.54) is 0 Å². The minimum absolute atomic E-state index is 0.0225. The van der Waals surface area contributed by atoms with Gasteiger partial charge in [-0.2, -0.15) is 4.31 Å². The lowest BCUT2D eigenvalue weighted by molar-refractivity contribution is 0.291. The van der Waals surface area contributed by atoms with Crippen molar-refractivity contribution in [3.8, 4) is 0 Å². The number of hydrogen-bond acceptors (Lipinski definition) is 3. The molecule has 0 aromatic carbocycles. The van der Waals surface area contributed by atoms with Crippen LogP contribution in [0.5, 0.6) is 0 Å². The van der Waals surface area contributed by atoms with E-state index in [0.717, 1.165) is 12.8 Å². The Hall–Kier alpha value is -0.130. The molecule has 1 rings (SSSR count). The molecule has 1 saturated carbocycles. The number of hydrogen-bond donors (Lipinski definition) is 1. The molecular formula is C10H21NO3S. The monoisotopic (exact) mass is 235 g/mol. The summed E-state index contributed by atoms with van der Waals surface area (Å²) in [5.41, 5.74) is 0.